The second-order valence-corrected chi connectivity index (χ2v) is 19.8. The average Bonchev–Trinajstić information content (AvgIpc) is 3.67. The number of allylic oxidation sites excluding steroid dienone is 1. The highest BCUT2D eigenvalue weighted by molar-refractivity contribution is 7.89. The quantitative estimate of drug-likeness (QED) is 0.115. The lowest BCUT2D eigenvalue weighted by atomic mass is 9.70. The van der Waals surface area contributed by atoms with Crippen LogP contribution in [-0.2, 0) is 34.0 Å². The van der Waals surface area contributed by atoms with E-state index in [0.717, 1.165) is 32.1 Å². The van der Waals surface area contributed by atoms with Gasteiger partial charge in [-0.25, -0.2) is 13.4 Å². The van der Waals surface area contributed by atoms with Gasteiger partial charge in [0.1, 0.15) is 18.1 Å². The molecule has 2 heterocycles. The van der Waals surface area contributed by atoms with E-state index in [0.29, 0.717) is 36.7 Å². The standard InChI is InChI=1S/C42H61N7O7S/c1-9-23-43-36(52)32(50)30(25-26-18-19-26)44-35(51)31-27(41(6,7)10-2)20-24-49(31)38(54)34(40(3,4)5)47-37(53)33(42(8)21-14-11-15-22-42)48-57(55,56)39-45-28-16-12-13-17-29(28)46-39/h9-10,12-13,16-17,26-27,30-31,33-34,48H,1-2,11,14-15,18-25H2,3-8H3,(H,43,52)(H,44,51)(H,45,46)(H,47,53)/t27-,30?,31-,33+,34+/m0/s1. The molecule has 5 N–H and O–H groups in total. The zero-order chi connectivity index (χ0) is 41.9. The van der Waals surface area contributed by atoms with E-state index < -0.39 is 85.8 Å². The van der Waals surface area contributed by atoms with Crippen LogP contribution in [0, 0.1) is 28.1 Å². The number of H-pyrrole nitrogens is 1. The van der Waals surface area contributed by atoms with Gasteiger partial charge in [0.25, 0.3) is 15.9 Å². The van der Waals surface area contributed by atoms with E-state index in [1.54, 1.807) is 51.1 Å². The lowest BCUT2D eigenvalue weighted by Crippen LogP contribution is -2.63. The number of hydrogen-bond donors (Lipinski definition) is 5. The molecule has 15 heteroatoms. The molecule has 1 aromatic heterocycles. The van der Waals surface area contributed by atoms with Gasteiger partial charge in [0, 0.05) is 13.1 Å². The lowest BCUT2D eigenvalue weighted by Gasteiger charge is -2.42. The number of ketones is 1. The van der Waals surface area contributed by atoms with E-state index in [1.165, 1.54) is 11.0 Å². The van der Waals surface area contributed by atoms with Crippen LogP contribution in [0.15, 0.2) is 54.7 Å². The predicted molar refractivity (Wildman–Crippen MR) is 218 cm³/mol. The number of aromatic nitrogens is 2. The number of imidazole rings is 1. The first-order chi connectivity index (χ1) is 26.7. The average molecular weight is 808 g/mol. The van der Waals surface area contributed by atoms with Crippen molar-refractivity contribution in [2.75, 3.05) is 13.1 Å². The second kappa shape index (κ2) is 17.2. The lowest BCUT2D eigenvalue weighted by molar-refractivity contribution is -0.147. The first-order valence-electron chi connectivity index (χ1n) is 20.2. The van der Waals surface area contributed by atoms with Crippen molar-refractivity contribution in [3.8, 4) is 0 Å². The Morgan fingerprint density at radius 3 is 2.26 bits per heavy atom. The Labute approximate surface area is 336 Å². The SMILES string of the molecule is C=CCNC(=O)C(=O)C(CC1CC1)NC(=O)[C@@H]1[C@@H](C(C)(C)C=C)CCN1C(=O)[C@@H](NC(=O)[C@@H](NS(=O)(=O)c1nc2ccccc2[nH]1)C1(C)CCCCC1)C(C)(C)C. The maximum atomic E-state index is 14.9. The van der Waals surface area contributed by atoms with Crippen LogP contribution < -0.4 is 20.7 Å². The normalized spacial score (nSPS) is 21.5. The number of aromatic amines is 1. The molecule has 5 atom stereocenters. The molecule has 0 radical (unpaired) electrons. The number of sulfonamides is 1. The summed E-state index contributed by atoms with van der Waals surface area (Å²) in [6, 6.07) is 2.35. The topological polar surface area (TPSA) is 200 Å². The predicted octanol–water partition coefficient (Wildman–Crippen LogP) is 4.30. The molecule has 4 amide bonds. The Kier molecular flexibility index (Phi) is 13.2. The number of likely N-dealkylation sites (tertiary alicyclic amines) is 1. The summed E-state index contributed by atoms with van der Waals surface area (Å²) in [5.74, 6) is -3.55. The number of nitrogens with zero attached hydrogens (tertiary/aromatic N) is 2. The molecule has 1 aliphatic heterocycles. The molecule has 3 fully saturated rings. The first kappa shape index (κ1) is 43.7. The number of Topliss-reactive ketones (excluding diaryl/α,β-unsaturated/α-hetero) is 1. The third kappa shape index (κ3) is 10.0. The zero-order valence-corrected chi connectivity index (χ0v) is 35.1. The molecule has 2 aromatic rings. The van der Waals surface area contributed by atoms with Gasteiger partial charge in [-0.05, 0) is 65.9 Å². The number of fused-ring (bicyclic) bond motifs is 1. The number of nitrogens with one attached hydrogen (secondary N) is 5. The number of benzene rings is 1. The molecule has 3 aliphatic rings. The molecule has 1 saturated heterocycles. The van der Waals surface area contributed by atoms with Gasteiger partial charge in [-0.15, -0.1) is 13.2 Å². The number of amides is 4. The summed E-state index contributed by atoms with van der Waals surface area (Å²) in [7, 11) is -4.34. The number of hydrogen-bond acceptors (Lipinski definition) is 8. The number of carbonyl (C=O) groups excluding carboxylic acids is 5. The van der Waals surface area contributed by atoms with Crippen LogP contribution in [0.2, 0.25) is 0 Å². The van der Waals surface area contributed by atoms with Crippen molar-refractivity contribution in [2.24, 2.45) is 28.1 Å². The van der Waals surface area contributed by atoms with Gasteiger partial charge in [0.05, 0.1) is 17.1 Å². The molecule has 2 saturated carbocycles. The maximum absolute atomic E-state index is 14.9. The molecular formula is C42H61N7O7S. The van der Waals surface area contributed by atoms with Gasteiger partial charge in [0.2, 0.25) is 28.7 Å². The third-order valence-electron chi connectivity index (χ3n) is 12.2. The Morgan fingerprint density at radius 2 is 1.67 bits per heavy atom. The molecule has 57 heavy (non-hydrogen) atoms. The minimum atomic E-state index is -4.34. The van der Waals surface area contributed by atoms with Gasteiger partial charge >= 0.3 is 0 Å². The minimum absolute atomic E-state index is 0.0937. The smallest absolute Gasteiger partial charge is 0.289 e. The van der Waals surface area contributed by atoms with Crippen LogP contribution in [0.25, 0.3) is 11.0 Å². The van der Waals surface area contributed by atoms with Gasteiger partial charge in [0.15, 0.2) is 0 Å². The largest absolute Gasteiger partial charge is 0.346 e. The number of rotatable bonds is 17. The van der Waals surface area contributed by atoms with Crippen molar-refractivity contribution >= 4 is 50.5 Å². The highest BCUT2D eigenvalue weighted by atomic mass is 32.2. The Bertz CT molecular complexity index is 1940. The van der Waals surface area contributed by atoms with Crippen molar-refractivity contribution in [1.82, 2.24) is 35.5 Å². The summed E-state index contributed by atoms with van der Waals surface area (Å²) in [6.45, 7) is 19.0. The Balaban J connectivity index is 1.45. The summed E-state index contributed by atoms with van der Waals surface area (Å²) in [6.07, 6.45) is 9.44. The van der Waals surface area contributed by atoms with Crippen LogP contribution in [0.3, 0.4) is 0 Å². The highest BCUT2D eigenvalue weighted by Gasteiger charge is 2.52. The third-order valence-corrected chi connectivity index (χ3v) is 13.5. The molecular weight excluding hydrogens is 747 g/mol. The van der Waals surface area contributed by atoms with Crippen LogP contribution in [0.1, 0.15) is 99.3 Å². The van der Waals surface area contributed by atoms with Crippen LogP contribution >= 0.6 is 0 Å². The Hall–Kier alpha value is -4.37. The van der Waals surface area contributed by atoms with Crippen LogP contribution in [-0.4, -0.2) is 90.0 Å². The summed E-state index contributed by atoms with van der Waals surface area (Å²) < 4.78 is 30.6. The van der Waals surface area contributed by atoms with Gasteiger partial charge in [-0.3, -0.25) is 24.0 Å². The van der Waals surface area contributed by atoms with E-state index in [2.05, 4.69) is 43.8 Å². The highest BCUT2D eigenvalue weighted by Crippen LogP contribution is 2.42. The second-order valence-electron chi connectivity index (χ2n) is 18.1. The summed E-state index contributed by atoms with van der Waals surface area (Å²) in [5, 5.41) is 8.01. The fourth-order valence-electron chi connectivity index (χ4n) is 8.35. The fraction of sp³-hybridized carbons (Fsp3) is 0.619. The van der Waals surface area contributed by atoms with Crippen molar-refractivity contribution < 1.29 is 32.4 Å². The molecule has 1 unspecified atom stereocenters. The molecule has 312 valence electrons. The Morgan fingerprint density at radius 1 is 1.00 bits per heavy atom. The van der Waals surface area contributed by atoms with Gasteiger partial charge in [-0.1, -0.05) is 97.9 Å². The molecule has 2 aliphatic carbocycles. The van der Waals surface area contributed by atoms with E-state index in [1.807, 2.05) is 20.8 Å². The maximum Gasteiger partial charge on any atom is 0.289 e. The summed E-state index contributed by atoms with van der Waals surface area (Å²) in [4.78, 5) is 78.8. The summed E-state index contributed by atoms with van der Waals surface area (Å²) in [5.41, 5.74) is -1.29. The van der Waals surface area contributed by atoms with E-state index in [4.69, 9.17) is 0 Å². The van der Waals surface area contributed by atoms with Crippen molar-refractivity contribution in [1.29, 1.82) is 0 Å². The molecule has 14 nitrogen and oxygen atoms in total. The van der Waals surface area contributed by atoms with Gasteiger partial charge in [-0.2, -0.15) is 4.72 Å². The van der Waals surface area contributed by atoms with E-state index in [9.17, 15) is 32.4 Å². The molecule has 1 aromatic carbocycles. The van der Waals surface area contributed by atoms with Crippen LogP contribution in [0.5, 0.6) is 0 Å². The molecule has 0 spiro atoms. The number of para-hydroxylation sites is 2. The van der Waals surface area contributed by atoms with Crippen molar-refractivity contribution in [3.63, 3.8) is 0 Å². The van der Waals surface area contributed by atoms with E-state index in [-0.39, 0.29) is 24.2 Å². The summed E-state index contributed by atoms with van der Waals surface area (Å²) >= 11 is 0. The first-order valence-corrected chi connectivity index (χ1v) is 21.7. The molecule has 0 bridgehead atoms. The van der Waals surface area contributed by atoms with Gasteiger partial charge < -0.3 is 25.8 Å². The van der Waals surface area contributed by atoms with Crippen molar-refractivity contribution in [3.05, 3.63) is 49.6 Å². The zero-order valence-electron chi connectivity index (χ0n) is 34.3. The van der Waals surface area contributed by atoms with Crippen LogP contribution in [0.4, 0.5) is 0 Å². The van der Waals surface area contributed by atoms with E-state index >= 15 is 0 Å². The molecule has 5 rings (SSSR count). The number of carbonyl (C=O) groups is 5. The van der Waals surface area contributed by atoms with Crippen molar-refractivity contribution in [2.45, 2.75) is 129 Å². The monoisotopic (exact) mass is 807 g/mol. The minimum Gasteiger partial charge on any atom is -0.346 e. The fourth-order valence-corrected chi connectivity index (χ4v) is 9.62.